The molecule has 0 bridgehead atoms. The molecule has 0 saturated heterocycles. The molecule has 4 rings (SSSR count). The lowest BCUT2D eigenvalue weighted by atomic mass is 10.2. The van der Waals surface area contributed by atoms with Crippen molar-refractivity contribution in [3.8, 4) is 5.69 Å². The number of nitrogens with one attached hydrogen (secondary N) is 1. The van der Waals surface area contributed by atoms with Crippen LogP contribution in [0.25, 0.3) is 15.9 Å². The second-order valence-corrected chi connectivity index (χ2v) is 8.37. The number of hydrogen-bond donors (Lipinski definition) is 1. The van der Waals surface area contributed by atoms with Crippen LogP contribution in [0.5, 0.6) is 0 Å². The van der Waals surface area contributed by atoms with Crippen LogP contribution in [0.1, 0.15) is 5.56 Å². The minimum absolute atomic E-state index is 0.279. The Hall–Kier alpha value is -3.04. The number of benzene rings is 2. The van der Waals surface area contributed by atoms with Gasteiger partial charge in [0.15, 0.2) is 0 Å². The maximum atomic E-state index is 13.5. The third kappa shape index (κ3) is 3.61. The van der Waals surface area contributed by atoms with Crippen molar-refractivity contribution in [2.75, 3.05) is 5.32 Å². The van der Waals surface area contributed by atoms with Crippen molar-refractivity contribution < 1.29 is 9.18 Å². The van der Waals surface area contributed by atoms with Gasteiger partial charge in [-0.15, -0.1) is 11.3 Å². The Labute approximate surface area is 182 Å². The van der Waals surface area contributed by atoms with Crippen molar-refractivity contribution in [1.82, 2.24) is 9.13 Å². The van der Waals surface area contributed by atoms with Crippen molar-refractivity contribution >= 4 is 49.1 Å². The third-order valence-electron chi connectivity index (χ3n) is 4.60. The summed E-state index contributed by atoms with van der Waals surface area (Å²) in [6, 6.07) is 12.6. The summed E-state index contributed by atoms with van der Waals surface area (Å²) in [5, 5.41) is 4.45. The number of aryl methyl sites for hydroxylation is 1. The fourth-order valence-corrected chi connectivity index (χ4v) is 4.43. The predicted octanol–water partition coefficient (Wildman–Crippen LogP) is 4.06. The largest absolute Gasteiger partial charge is 0.336 e. The molecule has 0 radical (unpaired) electrons. The van der Waals surface area contributed by atoms with Crippen LogP contribution in [0.15, 0.2) is 68.0 Å². The number of thiophene rings is 1. The number of rotatable bonds is 4. The molecule has 9 heteroatoms. The van der Waals surface area contributed by atoms with E-state index in [-0.39, 0.29) is 12.2 Å². The molecular formula is C21H15BrFN3O3S. The van der Waals surface area contributed by atoms with Crippen LogP contribution in [0.4, 0.5) is 10.1 Å². The van der Waals surface area contributed by atoms with Crippen LogP contribution < -0.4 is 16.6 Å². The van der Waals surface area contributed by atoms with Crippen molar-refractivity contribution in [2.45, 2.75) is 13.5 Å². The van der Waals surface area contributed by atoms with E-state index in [1.807, 2.05) is 6.07 Å². The Morgan fingerprint density at radius 2 is 1.93 bits per heavy atom. The molecule has 2 aromatic heterocycles. The summed E-state index contributed by atoms with van der Waals surface area (Å²) in [6.07, 6.45) is 0. The number of fused-ring (bicyclic) bond motifs is 1. The first-order chi connectivity index (χ1) is 14.4. The van der Waals surface area contributed by atoms with Gasteiger partial charge in [0.2, 0.25) is 5.91 Å². The minimum Gasteiger partial charge on any atom is -0.324 e. The number of halogens is 2. The molecule has 1 amide bonds. The first kappa shape index (κ1) is 20.2. The number of aromatic nitrogens is 2. The summed E-state index contributed by atoms with van der Waals surface area (Å²) in [4.78, 5) is 38.9. The van der Waals surface area contributed by atoms with Gasteiger partial charge < -0.3 is 5.32 Å². The van der Waals surface area contributed by atoms with E-state index in [0.717, 1.165) is 4.57 Å². The second kappa shape index (κ2) is 8.00. The molecule has 0 spiro atoms. The molecular weight excluding hydrogens is 473 g/mol. The summed E-state index contributed by atoms with van der Waals surface area (Å²) in [5.74, 6) is -0.882. The number of hydrogen-bond acceptors (Lipinski definition) is 4. The van der Waals surface area contributed by atoms with Crippen molar-refractivity contribution in [3.63, 3.8) is 0 Å². The summed E-state index contributed by atoms with van der Waals surface area (Å²) >= 11 is 4.55. The molecule has 30 heavy (non-hydrogen) atoms. The highest BCUT2D eigenvalue weighted by molar-refractivity contribution is 9.10. The van der Waals surface area contributed by atoms with E-state index in [0.29, 0.717) is 25.9 Å². The normalized spacial score (nSPS) is 11.0. The molecule has 0 saturated carbocycles. The van der Waals surface area contributed by atoms with Crippen molar-refractivity contribution in [3.05, 3.63) is 90.6 Å². The topological polar surface area (TPSA) is 73.1 Å². The van der Waals surface area contributed by atoms with Gasteiger partial charge in [-0.3, -0.25) is 14.2 Å². The molecule has 1 N–H and O–H groups in total. The van der Waals surface area contributed by atoms with Gasteiger partial charge in [0, 0.05) is 4.47 Å². The number of carbonyl (C=O) groups excluding carboxylic acids is 1. The Morgan fingerprint density at radius 1 is 1.17 bits per heavy atom. The molecule has 152 valence electrons. The summed E-state index contributed by atoms with van der Waals surface area (Å²) < 4.78 is 16.8. The molecule has 0 atom stereocenters. The number of anilines is 1. The van der Waals surface area contributed by atoms with E-state index in [1.165, 1.54) is 34.1 Å². The summed E-state index contributed by atoms with van der Waals surface area (Å²) in [6.45, 7) is 1.33. The number of amides is 1. The monoisotopic (exact) mass is 487 g/mol. The van der Waals surface area contributed by atoms with Crippen LogP contribution >= 0.6 is 27.3 Å². The first-order valence-corrected chi connectivity index (χ1v) is 10.6. The number of carbonyl (C=O) groups is 1. The SMILES string of the molecule is Cc1cc(F)ccc1-n1c(=O)c2sccc2n(CC(=O)Nc2ccccc2Br)c1=O. The second-order valence-electron chi connectivity index (χ2n) is 6.60. The van der Waals surface area contributed by atoms with Crippen LogP contribution in [0.2, 0.25) is 0 Å². The highest BCUT2D eigenvalue weighted by atomic mass is 79.9. The quantitative estimate of drug-likeness (QED) is 0.471. The molecule has 6 nitrogen and oxygen atoms in total. The van der Waals surface area contributed by atoms with Crippen LogP contribution in [0, 0.1) is 12.7 Å². The summed E-state index contributed by atoms with van der Waals surface area (Å²) in [5.41, 5.74) is 0.508. The molecule has 2 aromatic carbocycles. The zero-order valence-electron chi connectivity index (χ0n) is 15.7. The molecule has 0 fully saturated rings. The number of para-hydroxylation sites is 1. The first-order valence-electron chi connectivity index (χ1n) is 8.91. The van der Waals surface area contributed by atoms with Gasteiger partial charge in [0.25, 0.3) is 5.56 Å². The Kier molecular flexibility index (Phi) is 5.40. The lowest BCUT2D eigenvalue weighted by Crippen LogP contribution is -2.40. The molecule has 0 aliphatic rings. The van der Waals surface area contributed by atoms with Crippen molar-refractivity contribution in [2.24, 2.45) is 0 Å². The Bertz CT molecular complexity index is 1410. The predicted molar refractivity (Wildman–Crippen MR) is 119 cm³/mol. The summed E-state index contributed by atoms with van der Waals surface area (Å²) in [7, 11) is 0. The van der Waals surface area contributed by atoms with Crippen LogP contribution in [-0.2, 0) is 11.3 Å². The van der Waals surface area contributed by atoms with E-state index in [9.17, 15) is 18.8 Å². The fourth-order valence-electron chi connectivity index (χ4n) is 3.22. The van der Waals surface area contributed by atoms with E-state index < -0.39 is 23.0 Å². The molecule has 2 heterocycles. The zero-order chi connectivity index (χ0) is 21.4. The Morgan fingerprint density at radius 3 is 2.67 bits per heavy atom. The maximum Gasteiger partial charge on any atom is 0.336 e. The van der Waals surface area contributed by atoms with E-state index in [2.05, 4.69) is 21.2 Å². The van der Waals surface area contributed by atoms with Gasteiger partial charge in [0.1, 0.15) is 17.1 Å². The fraction of sp³-hybridized carbons (Fsp3) is 0.0952. The molecule has 0 unspecified atom stereocenters. The van der Waals surface area contributed by atoms with E-state index >= 15 is 0 Å². The highest BCUT2D eigenvalue weighted by Gasteiger charge is 2.19. The van der Waals surface area contributed by atoms with Gasteiger partial charge >= 0.3 is 5.69 Å². The minimum atomic E-state index is -0.664. The van der Waals surface area contributed by atoms with E-state index in [1.54, 1.807) is 36.6 Å². The average molecular weight is 488 g/mol. The standard InChI is InChI=1S/C21H15BrFN3O3S/c1-12-10-13(23)6-7-16(12)26-20(28)19-17(8-9-30-19)25(21(26)29)11-18(27)24-15-5-3-2-4-14(15)22/h2-10H,11H2,1H3,(H,24,27). The van der Waals surface area contributed by atoms with Gasteiger partial charge in [-0.2, -0.15) is 0 Å². The number of nitrogens with zero attached hydrogens (tertiary/aromatic N) is 2. The zero-order valence-corrected chi connectivity index (χ0v) is 18.1. The molecule has 0 aliphatic heterocycles. The smallest absolute Gasteiger partial charge is 0.324 e. The third-order valence-corrected chi connectivity index (χ3v) is 6.19. The average Bonchev–Trinajstić information content (AvgIpc) is 3.19. The van der Waals surface area contributed by atoms with Gasteiger partial charge in [-0.25, -0.2) is 13.8 Å². The molecule has 4 aromatic rings. The van der Waals surface area contributed by atoms with Crippen LogP contribution in [-0.4, -0.2) is 15.0 Å². The van der Waals surface area contributed by atoms with Gasteiger partial charge in [-0.1, -0.05) is 12.1 Å². The highest BCUT2D eigenvalue weighted by Crippen LogP contribution is 2.22. The van der Waals surface area contributed by atoms with Gasteiger partial charge in [0.05, 0.1) is 16.9 Å². The maximum absolute atomic E-state index is 13.5. The van der Waals surface area contributed by atoms with E-state index in [4.69, 9.17) is 0 Å². The molecule has 0 aliphatic carbocycles. The lowest BCUT2D eigenvalue weighted by Gasteiger charge is -2.14. The lowest BCUT2D eigenvalue weighted by molar-refractivity contribution is -0.116. The Balaban J connectivity index is 1.83. The van der Waals surface area contributed by atoms with Gasteiger partial charge in [-0.05, 0) is 70.2 Å². The van der Waals surface area contributed by atoms with Crippen LogP contribution in [0.3, 0.4) is 0 Å². The van der Waals surface area contributed by atoms with Crippen molar-refractivity contribution in [1.29, 1.82) is 0 Å².